The zero-order chi connectivity index (χ0) is 14.4. The molecule has 2 rings (SSSR count). The largest absolute Gasteiger partial charge is 0.339 e. The standard InChI is InChI=1S/C15H11Cl2NO2/c16-13-7-6-12(8-14(13)17)9-15(19)20-18-10-11-4-2-1-3-5-11/h1-8,10H,9H2. The van der Waals surface area contributed by atoms with Crippen LogP contribution in [0.2, 0.25) is 10.0 Å². The summed E-state index contributed by atoms with van der Waals surface area (Å²) in [7, 11) is 0. The number of oxime groups is 1. The summed E-state index contributed by atoms with van der Waals surface area (Å²) in [6.45, 7) is 0. The van der Waals surface area contributed by atoms with E-state index in [0.717, 1.165) is 11.1 Å². The molecule has 0 heterocycles. The van der Waals surface area contributed by atoms with E-state index < -0.39 is 5.97 Å². The summed E-state index contributed by atoms with van der Waals surface area (Å²) in [5.41, 5.74) is 1.58. The molecule has 2 aromatic rings. The molecule has 0 aliphatic carbocycles. The van der Waals surface area contributed by atoms with Crippen molar-refractivity contribution < 1.29 is 9.63 Å². The van der Waals surface area contributed by atoms with Crippen molar-refractivity contribution >= 4 is 35.4 Å². The van der Waals surface area contributed by atoms with Gasteiger partial charge in [0.25, 0.3) is 0 Å². The van der Waals surface area contributed by atoms with Crippen molar-refractivity contribution in [2.45, 2.75) is 6.42 Å². The van der Waals surface area contributed by atoms with E-state index in [4.69, 9.17) is 28.0 Å². The second-order valence-corrected chi connectivity index (χ2v) is 4.85. The SMILES string of the molecule is O=C(Cc1ccc(Cl)c(Cl)c1)ON=Cc1ccccc1. The Labute approximate surface area is 126 Å². The van der Waals surface area contributed by atoms with Crippen LogP contribution in [0.15, 0.2) is 53.7 Å². The second-order valence-electron chi connectivity index (χ2n) is 4.03. The lowest BCUT2D eigenvalue weighted by molar-refractivity contribution is -0.142. The van der Waals surface area contributed by atoms with Gasteiger partial charge in [0.05, 0.1) is 22.7 Å². The first kappa shape index (κ1) is 14.6. The molecule has 0 aromatic heterocycles. The smallest absolute Gasteiger partial charge is 0.318 e. The Kier molecular flexibility index (Phi) is 5.16. The molecule has 0 radical (unpaired) electrons. The topological polar surface area (TPSA) is 38.7 Å². The summed E-state index contributed by atoms with van der Waals surface area (Å²) in [4.78, 5) is 16.4. The van der Waals surface area contributed by atoms with E-state index in [0.29, 0.717) is 10.0 Å². The average molecular weight is 308 g/mol. The minimum atomic E-state index is -0.462. The van der Waals surface area contributed by atoms with Gasteiger partial charge in [-0.05, 0) is 23.3 Å². The van der Waals surface area contributed by atoms with Gasteiger partial charge in [0.15, 0.2) is 0 Å². The summed E-state index contributed by atoms with van der Waals surface area (Å²) in [5.74, 6) is -0.462. The van der Waals surface area contributed by atoms with Crippen LogP contribution in [0, 0.1) is 0 Å². The Bertz CT molecular complexity index is 627. The Morgan fingerprint density at radius 3 is 2.55 bits per heavy atom. The summed E-state index contributed by atoms with van der Waals surface area (Å²) >= 11 is 11.7. The van der Waals surface area contributed by atoms with Crippen LogP contribution in [0.4, 0.5) is 0 Å². The monoisotopic (exact) mass is 307 g/mol. The lowest BCUT2D eigenvalue weighted by atomic mass is 10.1. The molecule has 102 valence electrons. The molecule has 20 heavy (non-hydrogen) atoms. The van der Waals surface area contributed by atoms with Gasteiger partial charge in [-0.3, -0.25) is 0 Å². The van der Waals surface area contributed by atoms with E-state index in [9.17, 15) is 4.79 Å². The Hall–Kier alpha value is -1.84. The van der Waals surface area contributed by atoms with Crippen molar-refractivity contribution in [3.8, 4) is 0 Å². The number of hydrogen-bond acceptors (Lipinski definition) is 3. The van der Waals surface area contributed by atoms with E-state index in [1.54, 1.807) is 18.2 Å². The molecule has 0 atom stereocenters. The fourth-order valence-electron chi connectivity index (χ4n) is 1.53. The van der Waals surface area contributed by atoms with Gasteiger partial charge in [-0.2, -0.15) is 0 Å². The molecule has 2 aromatic carbocycles. The molecule has 0 bridgehead atoms. The number of rotatable bonds is 4. The normalized spacial score (nSPS) is 10.7. The first-order valence-corrected chi connectivity index (χ1v) is 6.63. The van der Waals surface area contributed by atoms with Crippen LogP contribution in [0.3, 0.4) is 0 Å². The van der Waals surface area contributed by atoms with E-state index >= 15 is 0 Å². The number of hydrogen-bond donors (Lipinski definition) is 0. The van der Waals surface area contributed by atoms with Gasteiger partial charge in [0.2, 0.25) is 0 Å². The van der Waals surface area contributed by atoms with Crippen LogP contribution in [0.25, 0.3) is 0 Å². The van der Waals surface area contributed by atoms with Crippen molar-refractivity contribution in [1.29, 1.82) is 0 Å². The van der Waals surface area contributed by atoms with Gasteiger partial charge in [-0.15, -0.1) is 0 Å². The summed E-state index contributed by atoms with van der Waals surface area (Å²) in [6.07, 6.45) is 1.57. The van der Waals surface area contributed by atoms with E-state index in [2.05, 4.69) is 5.16 Å². The van der Waals surface area contributed by atoms with Crippen molar-refractivity contribution in [3.05, 3.63) is 69.7 Å². The molecule has 0 saturated heterocycles. The third-order valence-corrected chi connectivity index (χ3v) is 3.23. The highest BCUT2D eigenvalue weighted by Crippen LogP contribution is 2.22. The van der Waals surface area contributed by atoms with Crippen LogP contribution in [-0.4, -0.2) is 12.2 Å². The molecule has 0 amide bonds. The lowest BCUT2D eigenvalue weighted by Crippen LogP contribution is -2.04. The maximum absolute atomic E-state index is 11.6. The van der Waals surface area contributed by atoms with E-state index in [1.807, 2.05) is 30.3 Å². The third kappa shape index (κ3) is 4.37. The van der Waals surface area contributed by atoms with Crippen molar-refractivity contribution in [3.63, 3.8) is 0 Å². The molecule has 0 N–H and O–H groups in total. The summed E-state index contributed by atoms with van der Waals surface area (Å²) < 4.78 is 0. The van der Waals surface area contributed by atoms with Gasteiger partial charge in [-0.25, -0.2) is 4.79 Å². The average Bonchev–Trinajstić information content (AvgIpc) is 2.44. The number of carbonyl (C=O) groups is 1. The fraction of sp³-hybridized carbons (Fsp3) is 0.0667. The number of benzene rings is 2. The zero-order valence-corrected chi connectivity index (χ0v) is 11.9. The molecule has 0 spiro atoms. The predicted octanol–water partition coefficient (Wildman–Crippen LogP) is 4.11. The van der Waals surface area contributed by atoms with Crippen LogP contribution in [-0.2, 0) is 16.1 Å². The Balaban J connectivity index is 1.89. The number of nitrogens with zero attached hydrogens (tertiary/aromatic N) is 1. The minimum Gasteiger partial charge on any atom is -0.318 e. The van der Waals surface area contributed by atoms with E-state index in [1.165, 1.54) is 6.21 Å². The third-order valence-electron chi connectivity index (χ3n) is 2.49. The first-order valence-electron chi connectivity index (χ1n) is 5.87. The predicted molar refractivity (Wildman–Crippen MR) is 80.3 cm³/mol. The maximum atomic E-state index is 11.6. The highest BCUT2D eigenvalue weighted by atomic mass is 35.5. The van der Waals surface area contributed by atoms with Gasteiger partial charge in [0.1, 0.15) is 0 Å². The molecule has 0 fully saturated rings. The minimum absolute atomic E-state index is 0.0863. The van der Waals surface area contributed by atoms with Gasteiger partial charge in [0, 0.05) is 0 Å². The van der Waals surface area contributed by atoms with Crippen molar-refractivity contribution in [1.82, 2.24) is 0 Å². The molecular formula is C15H11Cl2NO2. The second kappa shape index (κ2) is 7.08. The number of halogens is 2. The molecule has 5 heteroatoms. The first-order chi connectivity index (χ1) is 9.65. The fourth-order valence-corrected chi connectivity index (χ4v) is 1.85. The lowest BCUT2D eigenvalue weighted by Gasteiger charge is -2.01. The van der Waals surface area contributed by atoms with Crippen LogP contribution in [0.1, 0.15) is 11.1 Å². The molecule has 0 aliphatic heterocycles. The molecular weight excluding hydrogens is 297 g/mol. The van der Waals surface area contributed by atoms with Gasteiger partial charge < -0.3 is 4.84 Å². The molecule has 0 saturated carbocycles. The van der Waals surface area contributed by atoms with Gasteiger partial charge >= 0.3 is 5.97 Å². The van der Waals surface area contributed by atoms with Crippen molar-refractivity contribution in [2.24, 2.45) is 5.16 Å². The Morgan fingerprint density at radius 2 is 1.85 bits per heavy atom. The van der Waals surface area contributed by atoms with Crippen LogP contribution < -0.4 is 0 Å². The molecule has 3 nitrogen and oxygen atoms in total. The van der Waals surface area contributed by atoms with Crippen LogP contribution in [0.5, 0.6) is 0 Å². The number of carbonyl (C=O) groups excluding carboxylic acids is 1. The van der Waals surface area contributed by atoms with Crippen LogP contribution >= 0.6 is 23.2 Å². The maximum Gasteiger partial charge on any atom is 0.339 e. The molecule has 0 unspecified atom stereocenters. The molecule has 0 aliphatic rings. The van der Waals surface area contributed by atoms with Crippen molar-refractivity contribution in [2.75, 3.05) is 0 Å². The zero-order valence-electron chi connectivity index (χ0n) is 10.4. The Morgan fingerprint density at radius 1 is 1.10 bits per heavy atom. The van der Waals surface area contributed by atoms with E-state index in [-0.39, 0.29) is 6.42 Å². The highest BCUT2D eigenvalue weighted by molar-refractivity contribution is 6.42. The quantitative estimate of drug-likeness (QED) is 0.484. The van der Waals surface area contributed by atoms with Gasteiger partial charge in [-0.1, -0.05) is 64.8 Å². The summed E-state index contributed by atoms with van der Waals surface area (Å²) in [5, 5.41) is 4.50. The highest BCUT2D eigenvalue weighted by Gasteiger charge is 2.06. The summed E-state index contributed by atoms with van der Waals surface area (Å²) in [6, 6.07) is 14.3.